The van der Waals surface area contributed by atoms with E-state index in [2.05, 4.69) is 45.9 Å². The van der Waals surface area contributed by atoms with Crippen LogP contribution in [0.3, 0.4) is 0 Å². The fourth-order valence-corrected chi connectivity index (χ4v) is 4.90. The summed E-state index contributed by atoms with van der Waals surface area (Å²) in [6.07, 6.45) is 0. The second kappa shape index (κ2) is 9.51. The molecule has 7 nitrogen and oxygen atoms in total. The first-order chi connectivity index (χ1) is 14.7. The SMILES string of the molecule is CCN(CCNC(=O)[C@@H](N=C1NS(=O)(=O)c2ccccc21)C(C)C)c1ccccc1C. The molecular formula is C23H30N4O3S. The molecule has 0 fully saturated rings. The molecule has 1 amide bonds. The minimum absolute atomic E-state index is 0.0941. The molecule has 0 radical (unpaired) electrons. The number of nitrogens with one attached hydrogen (secondary N) is 2. The molecule has 1 heterocycles. The standard InChI is InChI=1S/C23H30N4O3S/c1-5-27(19-12-8-6-10-17(19)4)15-14-24-23(28)21(16(2)3)25-22-18-11-7-9-13-20(18)31(29,30)26-22/h6-13,16,21H,5,14-15H2,1-4H3,(H,24,28)(H,25,26)/t21-/m0/s1. The zero-order valence-electron chi connectivity index (χ0n) is 18.4. The van der Waals surface area contributed by atoms with Crippen LogP contribution in [-0.4, -0.2) is 45.8 Å². The quantitative estimate of drug-likeness (QED) is 0.658. The van der Waals surface area contributed by atoms with E-state index in [4.69, 9.17) is 0 Å². The van der Waals surface area contributed by atoms with Crippen molar-refractivity contribution < 1.29 is 13.2 Å². The summed E-state index contributed by atoms with van der Waals surface area (Å²) in [5.74, 6) is -0.0881. The Kier molecular flexibility index (Phi) is 7.00. The molecule has 1 aliphatic heterocycles. The number of benzene rings is 2. The van der Waals surface area contributed by atoms with Crippen LogP contribution in [0.15, 0.2) is 58.4 Å². The predicted molar refractivity (Wildman–Crippen MR) is 124 cm³/mol. The third kappa shape index (κ3) is 5.07. The lowest BCUT2D eigenvalue weighted by Crippen LogP contribution is -2.42. The summed E-state index contributed by atoms with van der Waals surface area (Å²) in [5, 5.41) is 2.97. The van der Waals surface area contributed by atoms with Gasteiger partial charge < -0.3 is 10.2 Å². The minimum Gasteiger partial charge on any atom is -0.370 e. The average molecular weight is 443 g/mol. The third-order valence-electron chi connectivity index (χ3n) is 5.35. The van der Waals surface area contributed by atoms with Crippen LogP contribution < -0.4 is 14.9 Å². The number of fused-ring (bicyclic) bond motifs is 1. The molecule has 0 saturated heterocycles. The molecule has 0 saturated carbocycles. The third-order valence-corrected chi connectivity index (χ3v) is 6.75. The number of aliphatic imine (C=N–C) groups is 1. The average Bonchev–Trinajstić information content (AvgIpc) is 3.00. The second-order valence-corrected chi connectivity index (χ2v) is 9.58. The van der Waals surface area contributed by atoms with Gasteiger partial charge in [0.1, 0.15) is 11.9 Å². The van der Waals surface area contributed by atoms with E-state index in [0.717, 1.165) is 12.2 Å². The number of rotatable bonds is 8. The van der Waals surface area contributed by atoms with Crippen molar-refractivity contribution in [2.45, 2.75) is 38.6 Å². The number of hydrogen-bond acceptors (Lipinski definition) is 5. The summed E-state index contributed by atoms with van der Waals surface area (Å²) < 4.78 is 27.1. The van der Waals surface area contributed by atoms with Gasteiger partial charge in [0.05, 0.1) is 4.90 Å². The van der Waals surface area contributed by atoms with Crippen LogP contribution in [0.2, 0.25) is 0 Å². The topological polar surface area (TPSA) is 90.9 Å². The van der Waals surface area contributed by atoms with Gasteiger partial charge in [0.15, 0.2) is 0 Å². The minimum atomic E-state index is -3.64. The number of amidine groups is 1. The van der Waals surface area contributed by atoms with E-state index in [9.17, 15) is 13.2 Å². The van der Waals surface area contributed by atoms with Crippen molar-refractivity contribution in [1.82, 2.24) is 10.0 Å². The summed E-state index contributed by atoms with van der Waals surface area (Å²) in [5.41, 5.74) is 2.84. The van der Waals surface area contributed by atoms with Gasteiger partial charge in [0, 0.05) is 30.9 Å². The first-order valence-corrected chi connectivity index (χ1v) is 12.0. The van der Waals surface area contributed by atoms with E-state index < -0.39 is 16.1 Å². The highest BCUT2D eigenvalue weighted by molar-refractivity contribution is 7.90. The van der Waals surface area contributed by atoms with Crippen LogP contribution in [0.1, 0.15) is 31.9 Å². The molecule has 1 aliphatic rings. The number of carbonyl (C=O) groups is 1. The molecule has 8 heteroatoms. The molecule has 0 unspecified atom stereocenters. The van der Waals surface area contributed by atoms with Crippen molar-refractivity contribution in [2.24, 2.45) is 10.9 Å². The Morgan fingerprint density at radius 1 is 1.13 bits per heavy atom. The summed E-state index contributed by atoms with van der Waals surface area (Å²) in [6.45, 7) is 9.92. The Bertz CT molecular complexity index is 1080. The maximum atomic E-state index is 12.9. The number of carbonyl (C=O) groups excluding carboxylic acids is 1. The number of amides is 1. The number of anilines is 1. The largest absolute Gasteiger partial charge is 0.370 e. The Hall–Kier alpha value is -2.87. The van der Waals surface area contributed by atoms with Crippen molar-refractivity contribution >= 4 is 27.5 Å². The van der Waals surface area contributed by atoms with Gasteiger partial charge in [0.2, 0.25) is 5.91 Å². The zero-order valence-corrected chi connectivity index (χ0v) is 19.2. The van der Waals surface area contributed by atoms with Gasteiger partial charge >= 0.3 is 0 Å². The Labute approximate surface area is 184 Å². The number of hydrogen-bond donors (Lipinski definition) is 2. The normalized spacial score (nSPS) is 16.6. The predicted octanol–water partition coefficient (Wildman–Crippen LogP) is 2.70. The maximum absolute atomic E-state index is 12.9. The van der Waals surface area contributed by atoms with Gasteiger partial charge in [-0.05, 0) is 43.5 Å². The first-order valence-electron chi connectivity index (χ1n) is 10.5. The molecule has 1 atom stereocenters. The molecular weight excluding hydrogens is 412 g/mol. The molecule has 166 valence electrons. The second-order valence-electron chi connectivity index (χ2n) is 7.93. The van der Waals surface area contributed by atoms with Crippen LogP contribution in [0.25, 0.3) is 0 Å². The molecule has 2 N–H and O–H groups in total. The Morgan fingerprint density at radius 2 is 1.81 bits per heavy atom. The van der Waals surface area contributed by atoms with Gasteiger partial charge in [-0.25, -0.2) is 8.42 Å². The highest BCUT2D eigenvalue weighted by atomic mass is 32.2. The van der Waals surface area contributed by atoms with E-state index in [1.807, 2.05) is 26.0 Å². The van der Waals surface area contributed by atoms with Crippen molar-refractivity contribution in [2.75, 3.05) is 24.5 Å². The summed E-state index contributed by atoms with van der Waals surface area (Å²) in [7, 11) is -3.64. The smallest absolute Gasteiger partial charge is 0.263 e. The van der Waals surface area contributed by atoms with Crippen LogP contribution in [0.4, 0.5) is 5.69 Å². The molecule has 31 heavy (non-hydrogen) atoms. The van der Waals surface area contributed by atoms with Crippen molar-refractivity contribution in [1.29, 1.82) is 0 Å². The van der Waals surface area contributed by atoms with Gasteiger partial charge in [-0.2, -0.15) is 0 Å². The molecule has 0 spiro atoms. The lowest BCUT2D eigenvalue weighted by atomic mass is 10.0. The highest BCUT2D eigenvalue weighted by Gasteiger charge is 2.32. The fourth-order valence-electron chi connectivity index (χ4n) is 3.67. The van der Waals surface area contributed by atoms with Crippen molar-refractivity contribution in [3.63, 3.8) is 0 Å². The lowest BCUT2D eigenvalue weighted by Gasteiger charge is -2.25. The van der Waals surface area contributed by atoms with Gasteiger partial charge in [-0.15, -0.1) is 0 Å². The van der Waals surface area contributed by atoms with E-state index in [1.54, 1.807) is 18.2 Å². The van der Waals surface area contributed by atoms with Crippen molar-refractivity contribution in [3.8, 4) is 0 Å². The molecule has 2 aromatic rings. The van der Waals surface area contributed by atoms with E-state index in [0.29, 0.717) is 18.7 Å². The molecule has 3 rings (SSSR count). The maximum Gasteiger partial charge on any atom is 0.263 e. The Balaban J connectivity index is 1.71. The first kappa shape index (κ1) is 22.8. The molecule has 0 aliphatic carbocycles. The zero-order chi connectivity index (χ0) is 22.6. The van der Waals surface area contributed by atoms with Crippen molar-refractivity contribution in [3.05, 3.63) is 59.7 Å². The highest BCUT2D eigenvalue weighted by Crippen LogP contribution is 2.23. The lowest BCUT2D eigenvalue weighted by molar-refractivity contribution is -0.123. The van der Waals surface area contributed by atoms with Crippen LogP contribution in [0.5, 0.6) is 0 Å². The molecule has 0 bridgehead atoms. The van der Waals surface area contributed by atoms with Gasteiger partial charge in [-0.3, -0.25) is 14.5 Å². The van der Waals surface area contributed by atoms with E-state index in [1.165, 1.54) is 11.6 Å². The summed E-state index contributed by atoms with van der Waals surface area (Å²) in [4.78, 5) is 19.8. The number of nitrogens with zero attached hydrogens (tertiary/aromatic N) is 2. The summed E-state index contributed by atoms with van der Waals surface area (Å²) >= 11 is 0. The molecule has 2 aromatic carbocycles. The fraction of sp³-hybridized carbons (Fsp3) is 0.391. The number of aryl methyl sites for hydroxylation is 1. The van der Waals surface area contributed by atoms with Gasteiger partial charge in [-0.1, -0.05) is 44.2 Å². The van der Waals surface area contributed by atoms with E-state index >= 15 is 0 Å². The van der Waals surface area contributed by atoms with Gasteiger partial charge in [0.25, 0.3) is 10.0 Å². The van der Waals surface area contributed by atoms with Crippen LogP contribution >= 0.6 is 0 Å². The number of sulfonamides is 1. The Morgan fingerprint density at radius 3 is 2.48 bits per heavy atom. The van der Waals surface area contributed by atoms with Crippen LogP contribution in [-0.2, 0) is 14.8 Å². The monoisotopic (exact) mass is 442 g/mol. The number of para-hydroxylation sites is 1. The summed E-state index contributed by atoms with van der Waals surface area (Å²) in [6, 6.07) is 14.1. The number of likely N-dealkylation sites (N-methyl/N-ethyl adjacent to an activating group) is 1. The van der Waals surface area contributed by atoms with E-state index in [-0.39, 0.29) is 22.6 Å². The van der Waals surface area contributed by atoms with Crippen LogP contribution in [0, 0.1) is 12.8 Å². The molecule has 0 aromatic heterocycles.